The lowest BCUT2D eigenvalue weighted by molar-refractivity contribution is 0.318. The van der Waals surface area contributed by atoms with Gasteiger partial charge in [-0.1, -0.05) is 19.0 Å². The summed E-state index contributed by atoms with van der Waals surface area (Å²) in [6, 6.07) is 5.46. The maximum Gasteiger partial charge on any atom is 0.171 e. The average molecular weight is 245 g/mol. The van der Waals surface area contributed by atoms with Crippen molar-refractivity contribution < 1.29 is 5.21 Å². The molecule has 18 heavy (non-hydrogen) atoms. The van der Waals surface area contributed by atoms with Crippen molar-refractivity contribution in [3.05, 3.63) is 41.9 Å². The molecule has 0 aliphatic carbocycles. The van der Waals surface area contributed by atoms with Gasteiger partial charge in [-0.3, -0.25) is 0 Å². The Morgan fingerprint density at radius 2 is 2.17 bits per heavy atom. The molecule has 2 rings (SSSR count). The van der Waals surface area contributed by atoms with Gasteiger partial charge >= 0.3 is 0 Å². The average Bonchev–Trinajstić information content (AvgIpc) is 2.88. The van der Waals surface area contributed by atoms with Crippen molar-refractivity contribution in [3.63, 3.8) is 0 Å². The van der Waals surface area contributed by atoms with Crippen molar-refractivity contribution in [2.45, 2.75) is 19.8 Å². The normalized spacial score (nSPS) is 12.1. The molecular weight excluding hydrogens is 230 g/mol. The summed E-state index contributed by atoms with van der Waals surface area (Å²) < 4.78 is 1.70. The van der Waals surface area contributed by atoms with E-state index in [4.69, 9.17) is 10.9 Å². The summed E-state index contributed by atoms with van der Waals surface area (Å²) in [7, 11) is 0. The van der Waals surface area contributed by atoms with E-state index in [0.717, 1.165) is 5.69 Å². The van der Waals surface area contributed by atoms with E-state index in [1.807, 2.05) is 12.3 Å². The second kappa shape index (κ2) is 4.87. The van der Waals surface area contributed by atoms with Gasteiger partial charge in [0.15, 0.2) is 11.7 Å². The Hall–Kier alpha value is -2.37. The lowest BCUT2D eigenvalue weighted by atomic mass is 10.1. The van der Waals surface area contributed by atoms with Gasteiger partial charge in [-0.2, -0.15) is 5.10 Å². The third kappa shape index (κ3) is 2.32. The van der Waals surface area contributed by atoms with Gasteiger partial charge in [0.25, 0.3) is 0 Å². The number of pyridine rings is 1. The Balaban J connectivity index is 2.28. The van der Waals surface area contributed by atoms with Crippen molar-refractivity contribution in [2.75, 3.05) is 0 Å². The molecule has 94 valence electrons. The lowest BCUT2D eigenvalue weighted by Gasteiger charge is -2.03. The lowest BCUT2D eigenvalue weighted by Crippen LogP contribution is -2.13. The second-order valence-electron chi connectivity index (χ2n) is 4.23. The number of nitrogens with two attached hydrogens (primary N) is 1. The van der Waals surface area contributed by atoms with Crippen LogP contribution in [0, 0.1) is 0 Å². The summed E-state index contributed by atoms with van der Waals surface area (Å²) in [5.74, 6) is 1.11. The minimum atomic E-state index is 0.0392. The first kappa shape index (κ1) is 12.1. The van der Waals surface area contributed by atoms with Gasteiger partial charge in [0.05, 0.1) is 5.69 Å². The fourth-order valence-electron chi connectivity index (χ4n) is 1.50. The molecule has 0 bridgehead atoms. The Labute approximate surface area is 105 Å². The van der Waals surface area contributed by atoms with E-state index in [1.54, 1.807) is 23.0 Å². The van der Waals surface area contributed by atoms with Gasteiger partial charge in [0, 0.05) is 18.0 Å². The van der Waals surface area contributed by atoms with Gasteiger partial charge in [-0.05, 0) is 24.1 Å². The van der Waals surface area contributed by atoms with Crippen molar-refractivity contribution in [1.82, 2.24) is 14.8 Å². The predicted molar refractivity (Wildman–Crippen MR) is 68.0 cm³/mol. The largest absolute Gasteiger partial charge is 0.409 e. The van der Waals surface area contributed by atoms with E-state index in [0.29, 0.717) is 17.3 Å². The van der Waals surface area contributed by atoms with Crippen LogP contribution in [0.25, 0.3) is 5.82 Å². The highest BCUT2D eigenvalue weighted by Gasteiger charge is 2.06. The molecule has 0 aliphatic rings. The summed E-state index contributed by atoms with van der Waals surface area (Å²) in [5.41, 5.74) is 7.04. The number of rotatable bonds is 3. The fourth-order valence-corrected chi connectivity index (χ4v) is 1.50. The first-order valence-corrected chi connectivity index (χ1v) is 5.61. The van der Waals surface area contributed by atoms with E-state index >= 15 is 0 Å². The van der Waals surface area contributed by atoms with Crippen LogP contribution in [0.4, 0.5) is 0 Å². The standard InChI is InChI=1S/C12H15N5O/c1-8(2)10-5-6-17(15-10)11-4-3-9(7-14-11)12(13)16-18/h3-8,18H,1-2H3,(H2,13,16). The topological polar surface area (TPSA) is 89.3 Å². The van der Waals surface area contributed by atoms with Gasteiger partial charge < -0.3 is 10.9 Å². The molecule has 0 radical (unpaired) electrons. The van der Waals surface area contributed by atoms with Crippen LogP contribution in [0.15, 0.2) is 35.7 Å². The molecule has 0 saturated heterocycles. The molecule has 0 aromatic carbocycles. The van der Waals surface area contributed by atoms with E-state index in [-0.39, 0.29) is 5.84 Å². The third-order valence-electron chi connectivity index (χ3n) is 2.59. The van der Waals surface area contributed by atoms with Crippen LogP contribution < -0.4 is 5.73 Å². The molecule has 0 saturated carbocycles. The molecule has 0 aliphatic heterocycles. The van der Waals surface area contributed by atoms with Gasteiger partial charge in [-0.25, -0.2) is 9.67 Å². The molecule has 0 atom stereocenters. The number of hydrogen-bond donors (Lipinski definition) is 2. The van der Waals surface area contributed by atoms with Crippen molar-refractivity contribution >= 4 is 5.84 Å². The van der Waals surface area contributed by atoms with E-state index in [9.17, 15) is 0 Å². The maximum absolute atomic E-state index is 8.56. The van der Waals surface area contributed by atoms with Crippen LogP contribution in [-0.4, -0.2) is 25.8 Å². The summed E-state index contributed by atoms with van der Waals surface area (Å²) in [6.45, 7) is 4.17. The number of oxime groups is 1. The molecule has 6 nitrogen and oxygen atoms in total. The van der Waals surface area contributed by atoms with Crippen molar-refractivity contribution in [1.29, 1.82) is 0 Å². The maximum atomic E-state index is 8.56. The van der Waals surface area contributed by atoms with Gasteiger partial charge in [0.2, 0.25) is 0 Å². The summed E-state index contributed by atoms with van der Waals surface area (Å²) in [6.07, 6.45) is 3.40. The minimum Gasteiger partial charge on any atom is -0.409 e. The van der Waals surface area contributed by atoms with Gasteiger partial charge in [0.1, 0.15) is 0 Å². The summed E-state index contributed by atoms with van der Waals surface area (Å²) >= 11 is 0. The smallest absolute Gasteiger partial charge is 0.171 e. The van der Waals surface area contributed by atoms with Crippen LogP contribution >= 0.6 is 0 Å². The molecule has 2 aromatic rings. The first-order valence-electron chi connectivity index (χ1n) is 5.61. The minimum absolute atomic E-state index is 0.0392. The highest BCUT2D eigenvalue weighted by atomic mass is 16.4. The van der Waals surface area contributed by atoms with Crippen molar-refractivity contribution in [2.24, 2.45) is 10.9 Å². The van der Waals surface area contributed by atoms with Crippen LogP contribution in [0.5, 0.6) is 0 Å². The first-order chi connectivity index (χ1) is 8.61. The van der Waals surface area contributed by atoms with E-state index in [1.165, 1.54) is 0 Å². The van der Waals surface area contributed by atoms with E-state index < -0.39 is 0 Å². The predicted octanol–water partition coefficient (Wildman–Crippen LogP) is 1.49. The van der Waals surface area contributed by atoms with Gasteiger partial charge in [-0.15, -0.1) is 0 Å². The molecule has 3 N–H and O–H groups in total. The quantitative estimate of drug-likeness (QED) is 0.371. The zero-order valence-corrected chi connectivity index (χ0v) is 10.3. The van der Waals surface area contributed by atoms with Crippen LogP contribution in [0.2, 0.25) is 0 Å². The van der Waals surface area contributed by atoms with Crippen LogP contribution in [0.1, 0.15) is 31.0 Å². The molecule has 6 heteroatoms. The Morgan fingerprint density at radius 3 is 2.67 bits per heavy atom. The fraction of sp³-hybridized carbons (Fsp3) is 0.250. The van der Waals surface area contributed by atoms with Crippen molar-refractivity contribution in [3.8, 4) is 5.82 Å². The Morgan fingerprint density at radius 1 is 1.39 bits per heavy atom. The number of aromatic nitrogens is 3. The molecule has 2 heterocycles. The second-order valence-corrected chi connectivity index (χ2v) is 4.23. The Bertz CT molecular complexity index is 556. The molecular formula is C12H15N5O. The number of hydrogen-bond acceptors (Lipinski definition) is 4. The molecule has 0 fully saturated rings. The highest BCUT2D eigenvalue weighted by Crippen LogP contribution is 2.13. The highest BCUT2D eigenvalue weighted by molar-refractivity contribution is 5.96. The zero-order chi connectivity index (χ0) is 13.1. The molecule has 0 spiro atoms. The Kier molecular flexibility index (Phi) is 3.27. The number of amidine groups is 1. The van der Waals surface area contributed by atoms with E-state index in [2.05, 4.69) is 29.1 Å². The van der Waals surface area contributed by atoms with Crippen LogP contribution in [0.3, 0.4) is 0 Å². The van der Waals surface area contributed by atoms with Crippen LogP contribution in [-0.2, 0) is 0 Å². The summed E-state index contributed by atoms with van der Waals surface area (Å²) in [5, 5.41) is 15.9. The third-order valence-corrected chi connectivity index (χ3v) is 2.59. The number of nitrogens with zero attached hydrogens (tertiary/aromatic N) is 4. The SMILES string of the molecule is CC(C)c1ccn(-c2ccc(/C(N)=N/O)cn2)n1. The molecule has 2 aromatic heterocycles. The monoisotopic (exact) mass is 245 g/mol. The molecule has 0 unspecified atom stereocenters. The zero-order valence-electron chi connectivity index (χ0n) is 10.3. The summed E-state index contributed by atoms with van der Waals surface area (Å²) in [4.78, 5) is 4.22. The molecule has 0 amide bonds.